The third-order valence-corrected chi connectivity index (χ3v) is 4.22. The fourth-order valence-corrected chi connectivity index (χ4v) is 2.60. The van der Waals surface area contributed by atoms with Gasteiger partial charge in [0.1, 0.15) is 0 Å². The molecule has 1 heterocycles. The molecule has 0 radical (unpaired) electrons. The number of β-amino-alcohol motifs (C(OH)–C–C–N with tert-alkyl or cyclic N) is 1. The van der Waals surface area contributed by atoms with Gasteiger partial charge in [-0.3, -0.25) is 9.69 Å². The summed E-state index contributed by atoms with van der Waals surface area (Å²) in [6.45, 7) is 5.81. The van der Waals surface area contributed by atoms with E-state index >= 15 is 0 Å². The Bertz CT molecular complexity index is 442. The molecule has 1 aliphatic heterocycles. The van der Waals surface area contributed by atoms with Crippen molar-refractivity contribution in [2.75, 3.05) is 32.7 Å². The van der Waals surface area contributed by atoms with E-state index < -0.39 is 0 Å². The smallest absolute Gasteiger partial charge is 0.253 e. The van der Waals surface area contributed by atoms with Crippen LogP contribution in [0.3, 0.4) is 0 Å². The van der Waals surface area contributed by atoms with Gasteiger partial charge in [0.2, 0.25) is 0 Å². The summed E-state index contributed by atoms with van der Waals surface area (Å²) in [5.74, 6) is 0.0909. The summed E-state index contributed by atoms with van der Waals surface area (Å²) >= 11 is 3.37. The van der Waals surface area contributed by atoms with Gasteiger partial charge in [0, 0.05) is 42.8 Å². The van der Waals surface area contributed by atoms with Crippen LogP contribution >= 0.6 is 15.9 Å². The van der Waals surface area contributed by atoms with E-state index in [1.54, 1.807) is 0 Å². The van der Waals surface area contributed by atoms with E-state index in [9.17, 15) is 9.90 Å². The molecule has 0 aromatic heterocycles. The van der Waals surface area contributed by atoms with E-state index in [4.69, 9.17) is 0 Å². The molecular formula is C15H21BrN2O2. The lowest BCUT2D eigenvalue weighted by Crippen LogP contribution is -2.50. The van der Waals surface area contributed by atoms with Gasteiger partial charge in [0.15, 0.2) is 0 Å². The van der Waals surface area contributed by atoms with Crippen LogP contribution in [0.4, 0.5) is 0 Å². The average molecular weight is 341 g/mol. The molecule has 20 heavy (non-hydrogen) atoms. The van der Waals surface area contributed by atoms with Gasteiger partial charge in [-0.15, -0.1) is 0 Å². The van der Waals surface area contributed by atoms with Crippen LogP contribution in [0.25, 0.3) is 0 Å². The van der Waals surface area contributed by atoms with Crippen molar-refractivity contribution in [1.82, 2.24) is 9.80 Å². The molecule has 1 saturated heterocycles. The topological polar surface area (TPSA) is 43.8 Å². The zero-order valence-electron chi connectivity index (χ0n) is 11.8. The van der Waals surface area contributed by atoms with Gasteiger partial charge >= 0.3 is 0 Å². The normalized spacial score (nSPS) is 18.1. The van der Waals surface area contributed by atoms with E-state index in [0.717, 1.165) is 42.6 Å². The maximum Gasteiger partial charge on any atom is 0.253 e. The molecule has 0 bridgehead atoms. The predicted octanol–water partition coefficient (Wildman–Crippen LogP) is 1.98. The Morgan fingerprint density at radius 1 is 1.25 bits per heavy atom. The van der Waals surface area contributed by atoms with Crippen LogP contribution < -0.4 is 0 Å². The third-order valence-electron chi connectivity index (χ3n) is 3.69. The quantitative estimate of drug-likeness (QED) is 0.911. The fraction of sp³-hybridized carbons (Fsp3) is 0.533. The van der Waals surface area contributed by atoms with Crippen LogP contribution in [-0.2, 0) is 0 Å². The van der Waals surface area contributed by atoms with Crippen molar-refractivity contribution in [1.29, 1.82) is 0 Å². The number of aliphatic hydroxyl groups excluding tert-OH is 1. The molecule has 0 spiro atoms. The highest BCUT2D eigenvalue weighted by molar-refractivity contribution is 9.10. The number of benzene rings is 1. The van der Waals surface area contributed by atoms with E-state index in [1.165, 1.54) is 0 Å². The van der Waals surface area contributed by atoms with Crippen LogP contribution in [0.1, 0.15) is 23.7 Å². The molecule has 1 aromatic carbocycles. The van der Waals surface area contributed by atoms with Crippen LogP contribution in [-0.4, -0.2) is 59.6 Å². The Morgan fingerprint density at radius 2 is 1.85 bits per heavy atom. The molecule has 1 aliphatic rings. The summed E-state index contributed by atoms with van der Waals surface area (Å²) in [6, 6.07) is 7.47. The van der Waals surface area contributed by atoms with Crippen molar-refractivity contribution in [3.8, 4) is 0 Å². The third kappa shape index (κ3) is 4.04. The zero-order chi connectivity index (χ0) is 14.5. The maximum absolute atomic E-state index is 12.3. The minimum Gasteiger partial charge on any atom is -0.392 e. The maximum atomic E-state index is 12.3. The van der Waals surface area contributed by atoms with Crippen molar-refractivity contribution in [2.24, 2.45) is 0 Å². The molecule has 4 nitrogen and oxygen atoms in total. The highest BCUT2D eigenvalue weighted by atomic mass is 79.9. The highest BCUT2D eigenvalue weighted by Crippen LogP contribution is 2.14. The van der Waals surface area contributed by atoms with Crippen LogP contribution in [0.2, 0.25) is 0 Å². The number of hydrogen-bond donors (Lipinski definition) is 1. The SMILES string of the molecule is CC[C@@H](O)CN1CCN(C(=O)c2ccc(Br)cc2)CC1. The molecule has 0 saturated carbocycles. The summed E-state index contributed by atoms with van der Waals surface area (Å²) in [7, 11) is 0. The summed E-state index contributed by atoms with van der Waals surface area (Å²) in [6.07, 6.45) is 0.515. The number of carbonyl (C=O) groups excluding carboxylic acids is 1. The zero-order valence-corrected chi connectivity index (χ0v) is 13.3. The molecule has 1 atom stereocenters. The molecule has 1 amide bonds. The van der Waals surface area contributed by atoms with Gasteiger partial charge in [-0.25, -0.2) is 0 Å². The predicted molar refractivity (Wildman–Crippen MR) is 82.8 cm³/mol. The molecule has 0 unspecified atom stereocenters. The van der Waals surface area contributed by atoms with E-state index in [0.29, 0.717) is 6.54 Å². The lowest BCUT2D eigenvalue weighted by atomic mass is 10.1. The lowest BCUT2D eigenvalue weighted by Gasteiger charge is -2.35. The Balaban J connectivity index is 1.87. The largest absolute Gasteiger partial charge is 0.392 e. The molecule has 2 rings (SSSR count). The van der Waals surface area contributed by atoms with Crippen molar-refractivity contribution < 1.29 is 9.90 Å². The fourth-order valence-electron chi connectivity index (χ4n) is 2.34. The van der Waals surface area contributed by atoms with Crippen LogP contribution in [0, 0.1) is 0 Å². The summed E-state index contributed by atoms with van der Waals surface area (Å²) in [4.78, 5) is 16.4. The second-order valence-electron chi connectivity index (χ2n) is 5.16. The van der Waals surface area contributed by atoms with Gasteiger partial charge in [-0.2, -0.15) is 0 Å². The Kier molecular flexibility index (Phi) is 5.57. The van der Waals surface area contributed by atoms with Crippen molar-refractivity contribution in [2.45, 2.75) is 19.4 Å². The Hall–Kier alpha value is -0.910. The number of halogens is 1. The first-order valence-corrected chi connectivity index (χ1v) is 7.84. The summed E-state index contributed by atoms with van der Waals surface area (Å²) < 4.78 is 0.979. The van der Waals surface area contributed by atoms with Gasteiger partial charge in [0.25, 0.3) is 5.91 Å². The first-order valence-electron chi connectivity index (χ1n) is 7.05. The van der Waals surface area contributed by atoms with Crippen molar-refractivity contribution in [3.05, 3.63) is 34.3 Å². The average Bonchev–Trinajstić information content (AvgIpc) is 2.48. The molecule has 1 fully saturated rings. The number of hydrogen-bond acceptors (Lipinski definition) is 3. The number of nitrogens with zero attached hydrogens (tertiary/aromatic N) is 2. The second-order valence-corrected chi connectivity index (χ2v) is 6.08. The number of aliphatic hydroxyl groups is 1. The van der Waals surface area contributed by atoms with E-state index in [2.05, 4.69) is 20.8 Å². The number of amides is 1. The van der Waals surface area contributed by atoms with Gasteiger partial charge in [-0.05, 0) is 30.7 Å². The van der Waals surface area contributed by atoms with Crippen molar-refractivity contribution >= 4 is 21.8 Å². The second kappa shape index (κ2) is 7.20. The monoisotopic (exact) mass is 340 g/mol. The standard InChI is InChI=1S/C15H21BrN2O2/c1-2-14(19)11-17-7-9-18(10-8-17)15(20)12-3-5-13(16)6-4-12/h3-6,14,19H,2,7-11H2,1H3/t14-/m1/s1. The number of piperazine rings is 1. The Morgan fingerprint density at radius 3 is 2.40 bits per heavy atom. The summed E-state index contributed by atoms with van der Waals surface area (Å²) in [5.41, 5.74) is 0.732. The molecule has 1 N–H and O–H groups in total. The van der Waals surface area contributed by atoms with Crippen LogP contribution in [0.5, 0.6) is 0 Å². The highest BCUT2D eigenvalue weighted by Gasteiger charge is 2.22. The molecular weight excluding hydrogens is 320 g/mol. The summed E-state index contributed by atoms with van der Waals surface area (Å²) in [5, 5.41) is 9.66. The van der Waals surface area contributed by atoms with E-state index in [1.807, 2.05) is 36.1 Å². The number of carbonyl (C=O) groups is 1. The van der Waals surface area contributed by atoms with E-state index in [-0.39, 0.29) is 12.0 Å². The van der Waals surface area contributed by atoms with Gasteiger partial charge < -0.3 is 10.0 Å². The van der Waals surface area contributed by atoms with Crippen molar-refractivity contribution in [3.63, 3.8) is 0 Å². The number of rotatable bonds is 4. The lowest BCUT2D eigenvalue weighted by molar-refractivity contribution is 0.0524. The first kappa shape index (κ1) is 15.5. The Labute approximate surface area is 128 Å². The molecule has 1 aromatic rings. The first-order chi connectivity index (χ1) is 9.60. The van der Waals surface area contributed by atoms with Gasteiger partial charge in [0.05, 0.1) is 6.10 Å². The minimum absolute atomic E-state index is 0.0909. The molecule has 0 aliphatic carbocycles. The minimum atomic E-state index is -0.260. The molecule has 110 valence electrons. The van der Waals surface area contributed by atoms with Crippen LogP contribution in [0.15, 0.2) is 28.7 Å². The molecule has 5 heteroatoms. The van der Waals surface area contributed by atoms with Gasteiger partial charge in [-0.1, -0.05) is 22.9 Å².